The summed E-state index contributed by atoms with van der Waals surface area (Å²) in [5.41, 5.74) is 6.85. The van der Waals surface area contributed by atoms with E-state index in [0.717, 1.165) is 29.6 Å². The van der Waals surface area contributed by atoms with Gasteiger partial charge in [-0.2, -0.15) is 0 Å². The Balaban J connectivity index is 2.35. The van der Waals surface area contributed by atoms with Gasteiger partial charge in [0.1, 0.15) is 5.69 Å². The molecule has 0 spiro atoms. The van der Waals surface area contributed by atoms with Gasteiger partial charge in [0.15, 0.2) is 0 Å². The maximum Gasteiger partial charge on any atom is 0.270 e. The van der Waals surface area contributed by atoms with Gasteiger partial charge in [-0.3, -0.25) is 9.59 Å². The number of para-hydroxylation sites is 1. The number of fused-ring (bicyclic) bond motifs is 1. The van der Waals surface area contributed by atoms with Crippen LogP contribution in [0.5, 0.6) is 0 Å². The number of amides is 2. The first-order valence-electron chi connectivity index (χ1n) is 6.82. The Morgan fingerprint density at radius 3 is 2.76 bits per heavy atom. The number of rotatable bonds is 6. The lowest BCUT2D eigenvalue weighted by Gasteiger charge is -2.11. The largest absolute Gasteiger partial charge is 0.384 e. The minimum absolute atomic E-state index is 0.203. The van der Waals surface area contributed by atoms with Crippen LogP contribution in [0.3, 0.4) is 0 Å². The second-order valence-electron chi connectivity index (χ2n) is 4.65. The van der Waals surface area contributed by atoms with Crippen LogP contribution in [0.2, 0.25) is 0 Å². The lowest BCUT2D eigenvalue weighted by Crippen LogP contribution is -2.33. The van der Waals surface area contributed by atoms with Crippen molar-refractivity contribution in [3.05, 3.63) is 36.0 Å². The van der Waals surface area contributed by atoms with Gasteiger partial charge >= 0.3 is 0 Å². The predicted molar refractivity (Wildman–Crippen MR) is 82.1 cm³/mol. The fraction of sp³-hybridized carbons (Fsp3) is 0.267. The van der Waals surface area contributed by atoms with Crippen molar-refractivity contribution in [1.29, 1.82) is 0 Å². The molecule has 2 aromatic rings. The van der Waals surface area contributed by atoms with E-state index in [-0.39, 0.29) is 12.2 Å². The molecule has 0 radical (unpaired) electrons. The number of hydrogen-bond donors (Lipinski definition) is 3. The average Bonchev–Trinajstić information content (AvgIpc) is 2.49. The smallest absolute Gasteiger partial charge is 0.270 e. The molecule has 0 aliphatic carbocycles. The highest BCUT2D eigenvalue weighted by Crippen LogP contribution is 2.23. The summed E-state index contributed by atoms with van der Waals surface area (Å²) >= 11 is 0. The third kappa shape index (κ3) is 3.68. The number of carbonyl (C=O) groups excluding carboxylic acids is 2. The molecule has 1 aromatic heterocycles. The zero-order valence-electron chi connectivity index (χ0n) is 11.8. The number of primary amides is 1. The van der Waals surface area contributed by atoms with E-state index in [9.17, 15) is 9.59 Å². The molecule has 0 saturated carbocycles. The highest BCUT2D eigenvalue weighted by molar-refractivity contribution is 6.00. The quantitative estimate of drug-likeness (QED) is 0.745. The van der Waals surface area contributed by atoms with Crippen LogP contribution in [0.25, 0.3) is 10.9 Å². The van der Waals surface area contributed by atoms with Gasteiger partial charge in [-0.1, -0.05) is 25.1 Å². The van der Waals surface area contributed by atoms with Crippen LogP contribution in [0.1, 0.15) is 23.8 Å². The van der Waals surface area contributed by atoms with Gasteiger partial charge in [-0.05, 0) is 18.6 Å². The molecule has 1 heterocycles. The van der Waals surface area contributed by atoms with E-state index in [1.807, 2.05) is 24.3 Å². The third-order valence-corrected chi connectivity index (χ3v) is 2.94. The number of hydrogen-bond acceptors (Lipinski definition) is 4. The molecular weight excluding hydrogens is 268 g/mol. The minimum Gasteiger partial charge on any atom is -0.384 e. The molecule has 0 fully saturated rings. The van der Waals surface area contributed by atoms with E-state index < -0.39 is 11.8 Å². The number of carbonyl (C=O) groups is 2. The molecule has 2 amide bonds. The topological polar surface area (TPSA) is 97.1 Å². The van der Waals surface area contributed by atoms with Crippen molar-refractivity contribution >= 4 is 28.4 Å². The lowest BCUT2D eigenvalue weighted by atomic mass is 10.1. The SMILES string of the molecule is CCCNc1cc(C(=O)NCC(N)=O)nc2ccccc12. The number of nitrogens with two attached hydrogens (primary N) is 1. The van der Waals surface area contributed by atoms with Crippen LogP contribution >= 0.6 is 0 Å². The first-order chi connectivity index (χ1) is 10.1. The number of benzene rings is 1. The van der Waals surface area contributed by atoms with Crippen molar-refractivity contribution in [3.8, 4) is 0 Å². The standard InChI is InChI=1S/C15H18N4O2/c1-2-7-17-12-8-13(15(21)18-9-14(16)20)19-11-6-4-3-5-10(11)12/h3-6,8H,2,7,9H2,1H3,(H2,16,20)(H,17,19)(H,18,21). The zero-order chi connectivity index (χ0) is 15.2. The highest BCUT2D eigenvalue weighted by Gasteiger charge is 2.12. The Hall–Kier alpha value is -2.63. The molecule has 0 aliphatic rings. The molecule has 4 N–H and O–H groups in total. The van der Waals surface area contributed by atoms with E-state index in [4.69, 9.17) is 5.73 Å². The Labute approximate surface area is 122 Å². The van der Waals surface area contributed by atoms with Crippen LogP contribution in [0.4, 0.5) is 5.69 Å². The number of nitrogens with zero attached hydrogens (tertiary/aromatic N) is 1. The van der Waals surface area contributed by atoms with E-state index in [0.29, 0.717) is 0 Å². The van der Waals surface area contributed by atoms with Crippen molar-refractivity contribution in [2.45, 2.75) is 13.3 Å². The van der Waals surface area contributed by atoms with Crippen LogP contribution in [0.15, 0.2) is 30.3 Å². The Bertz CT molecular complexity index is 670. The van der Waals surface area contributed by atoms with Gasteiger partial charge in [0.05, 0.1) is 12.1 Å². The number of anilines is 1. The van der Waals surface area contributed by atoms with Gasteiger partial charge in [0.25, 0.3) is 5.91 Å². The Kier molecular flexibility index (Phi) is 4.71. The normalized spacial score (nSPS) is 10.3. The Morgan fingerprint density at radius 1 is 1.29 bits per heavy atom. The first kappa shape index (κ1) is 14.8. The van der Waals surface area contributed by atoms with Crippen molar-refractivity contribution in [3.63, 3.8) is 0 Å². The fourth-order valence-electron chi connectivity index (χ4n) is 1.96. The van der Waals surface area contributed by atoms with E-state index in [1.54, 1.807) is 6.07 Å². The summed E-state index contributed by atoms with van der Waals surface area (Å²) < 4.78 is 0. The summed E-state index contributed by atoms with van der Waals surface area (Å²) in [5.74, 6) is -1.01. The molecule has 21 heavy (non-hydrogen) atoms. The van der Waals surface area contributed by atoms with E-state index in [1.165, 1.54) is 0 Å². The van der Waals surface area contributed by atoms with Crippen LogP contribution in [-0.4, -0.2) is 29.9 Å². The summed E-state index contributed by atoms with van der Waals surface area (Å²) in [6.07, 6.45) is 0.972. The Morgan fingerprint density at radius 2 is 2.05 bits per heavy atom. The van der Waals surface area contributed by atoms with Gasteiger partial charge in [0.2, 0.25) is 5.91 Å². The summed E-state index contributed by atoms with van der Waals surface area (Å²) in [6, 6.07) is 9.27. The molecule has 0 bridgehead atoms. The lowest BCUT2D eigenvalue weighted by molar-refractivity contribution is -0.117. The molecule has 1 aromatic carbocycles. The van der Waals surface area contributed by atoms with E-state index in [2.05, 4.69) is 22.5 Å². The molecule has 0 unspecified atom stereocenters. The van der Waals surface area contributed by atoms with Crippen LogP contribution in [0, 0.1) is 0 Å². The maximum atomic E-state index is 12.0. The van der Waals surface area contributed by atoms with Crippen molar-refractivity contribution in [2.24, 2.45) is 5.73 Å². The monoisotopic (exact) mass is 286 g/mol. The number of pyridine rings is 1. The highest BCUT2D eigenvalue weighted by atomic mass is 16.2. The predicted octanol–water partition coefficient (Wildman–Crippen LogP) is 1.27. The summed E-state index contributed by atoms with van der Waals surface area (Å²) in [5, 5.41) is 6.68. The summed E-state index contributed by atoms with van der Waals surface area (Å²) in [7, 11) is 0. The second-order valence-corrected chi connectivity index (χ2v) is 4.65. The van der Waals surface area contributed by atoms with Crippen LogP contribution in [-0.2, 0) is 4.79 Å². The van der Waals surface area contributed by atoms with Crippen molar-refractivity contribution in [2.75, 3.05) is 18.4 Å². The number of nitrogens with one attached hydrogen (secondary N) is 2. The number of aromatic nitrogens is 1. The molecule has 0 saturated heterocycles. The molecule has 0 aliphatic heterocycles. The molecule has 0 atom stereocenters. The van der Waals surface area contributed by atoms with E-state index >= 15 is 0 Å². The van der Waals surface area contributed by atoms with Gasteiger partial charge < -0.3 is 16.4 Å². The second kappa shape index (κ2) is 6.69. The van der Waals surface area contributed by atoms with Gasteiger partial charge in [-0.25, -0.2) is 4.98 Å². The molecular formula is C15H18N4O2. The summed E-state index contributed by atoms with van der Waals surface area (Å²) in [6.45, 7) is 2.66. The van der Waals surface area contributed by atoms with Gasteiger partial charge in [-0.15, -0.1) is 0 Å². The van der Waals surface area contributed by atoms with Crippen molar-refractivity contribution in [1.82, 2.24) is 10.3 Å². The third-order valence-electron chi connectivity index (χ3n) is 2.94. The fourth-order valence-corrected chi connectivity index (χ4v) is 1.96. The molecule has 6 nitrogen and oxygen atoms in total. The zero-order valence-corrected chi connectivity index (χ0v) is 11.8. The first-order valence-corrected chi connectivity index (χ1v) is 6.82. The van der Waals surface area contributed by atoms with Crippen molar-refractivity contribution < 1.29 is 9.59 Å². The maximum absolute atomic E-state index is 12.0. The molecule has 2 rings (SSSR count). The van der Waals surface area contributed by atoms with Crippen LogP contribution < -0.4 is 16.4 Å². The molecule has 110 valence electrons. The molecule has 6 heteroatoms. The summed E-state index contributed by atoms with van der Waals surface area (Å²) in [4.78, 5) is 27.1. The van der Waals surface area contributed by atoms with Gasteiger partial charge in [0, 0.05) is 17.6 Å². The minimum atomic E-state index is -0.589. The average molecular weight is 286 g/mol.